The van der Waals surface area contributed by atoms with Crippen LogP contribution in [0.3, 0.4) is 0 Å². The molecule has 1 saturated heterocycles. The molecule has 1 unspecified atom stereocenters. The van der Waals surface area contributed by atoms with E-state index in [0.717, 1.165) is 0 Å². The second-order valence-corrected chi connectivity index (χ2v) is 5.16. The first-order valence-corrected chi connectivity index (χ1v) is 6.27. The standard InChI is InChI=1S/C10H15F6N3S/c11-9(12,13)6-19-3-1-18(2-4-19)5-7(8(17)20)10(14,15)16/h7H,1-6H2,(H2,17,20). The molecule has 1 atom stereocenters. The Labute approximate surface area is 117 Å². The average Bonchev–Trinajstić information content (AvgIpc) is 2.23. The van der Waals surface area contributed by atoms with Gasteiger partial charge < -0.3 is 5.73 Å². The Balaban J connectivity index is 2.47. The number of alkyl halides is 6. The number of piperazine rings is 1. The van der Waals surface area contributed by atoms with Crippen molar-refractivity contribution in [1.29, 1.82) is 0 Å². The topological polar surface area (TPSA) is 32.5 Å². The normalized spacial score (nSPS) is 20.9. The molecule has 0 bridgehead atoms. The Morgan fingerprint density at radius 1 is 1.00 bits per heavy atom. The summed E-state index contributed by atoms with van der Waals surface area (Å²) >= 11 is 4.40. The Kier molecular flexibility index (Phi) is 5.61. The summed E-state index contributed by atoms with van der Waals surface area (Å²) < 4.78 is 74.5. The molecule has 1 heterocycles. The highest BCUT2D eigenvalue weighted by atomic mass is 32.1. The van der Waals surface area contributed by atoms with Crippen molar-refractivity contribution in [2.75, 3.05) is 39.3 Å². The summed E-state index contributed by atoms with van der Waals surface area (Å²) in [6, 6.07) is 0. The zero-order valence-electron chi connectivity index (χ0n) is 10.5. The predicted molar refractivity (Wildman–Crippen MR) is 65.3 cm³/mol. The number of nitrogens with two attached hydrogens (primary N) is 1. The molecule has 0 aliphatic carbocycles. The lowest BCUT2D eigenvalue weighted by molar-refractivity contribution is -0.162. The molecule has 0 aromatic rings. The second kappa shape index (κ2) is 6.44. The van der Waals surface area contributed by atoms with Gasteiger partial charge in [0.1, 0.15) is 5.92 Å². The monoisotopic (exact) mass is 323 g/mol. The number of hydrogen-bond donors (Lipinski definition) is 1. The van der Waals surface area contributed by atoms with Crippen LogP contribution in [0.5, 0.6) is 0 Å². The van der Waals surface area contributed by atoms with E-state index in [0.29, 0.717) is 0 Å². The minimum Gasteiger partial charge on any atom is -0.393 e. The van der Waals surface area contributed by atoms with Gasteiger partial charge in [-0.2, -0.15) is 26.3 Å². The molecule has 2 N–H and O–H groups in total. The number of thiocarbonyl (C=S) groups is 1. The van der Waals surface area contributed by atoms with Crippen LogP contribution >= 0.6 is 12.2 Å². The van der Waals surface area contributed by atoms with E-state index in [1.165, 1.54) is 9.80 Å². The molecule has 0 saturated carbocycles. The van der Waals surface area contributed by atoms with Gasteiger partial charge in [-0.3, -0.25) is 9.80 Å². The first kappa shape index (κ1) is 17.4. The molecule has 1 aliphatic heterocycles. The molecule has 1 fully saturated rings. The fourth-order valence-electron chi connectivity index (χ4n) is 2.00. The van der Waals surface area contributed by atoms with Gasteiger partial charge in [0.2, 0.25) is 0 Å². The average molecular weight is 323 g/mol. The molecule has 0 amide bonds. The van der Waals surface area contributed by atoms with Crippen molar-refractivity contribution >= 4 is 17.2 Å². The molecule has 20 heavy (non-hydrogen) atoms. The van der Waals surface area contributed by atoms with Crippen LogP contribution in [0.15, 0.2) is 0 Å². The summed E-state index contributed by atoms with van der Waals surface area (Å²) in [4.78, 5) is 1.96. The third kappa shape index (κ3) is 5.80. The lowest BCUT2D eigenvalue weighted by Crippen LogP contribution is -2.52. The maximum Gasteiger partial charge on any atom is 0.401 e. The highest BCUT2D eigenvalue weighted by Crippen LogP contribution is 2.28. The first-order valence-electron chi connectivity index (χ1n) is 5.86. The van der Waals surface area contributed by atoms with Crippen molar-refractivity contribution in [3.8, 4) is 0 Å². The zero-order chi connectivity index (χ0) is 15.6. The van der Waals surface area contributed by atoms with Crippen LogP contribution in [-0.4, -0.2) is 66.4 Å². The van der Waals surface area contributed by atoms with Crippen LogP contribution in [0, 0.1) is 5.92 Å². The van der Waals surface area contributed by atoms with E-state index in [-0.39, 0.29) is 26.2 Å². The molecule has 10 heteroatoms. The summed E-state index contributed by atoms with van der Waals surface area (Å²) in [7, 11) is 0. The van der Waals surface area contributed by atoms with E-state index in [1.54, 1.807) is 0 Å². The van der Waals surface area contributed by atoms with Gasteiger partial charge in [0, 0.05) is 32.7 Å². The first-order chi connectivity index (χ1) is 8.99. The maximum absolute atomic E-state index is 12.7. The second-order valence-electron chi connectivity index (χ2n) is 4.69. The van der Waals surface area contributed by atoms with Gasteiger partial charge in [0.05, 0.1) is 11.5 Å². The molecule has 1 rings (SSSR count). The molecule has 0 radical (unpaired) electrons. The molecule has 0 aromatic carbocycles. The Bertz CT molecular complexity index is 335. The zero-order valence-corrected chi connectivity index (χ0v) is 11.3. The van der Waals surface area contributed by atoms with Gasteiger partial charge in [-0.05, 0) is 0 Å². The van der Waals surface area contributed by atoms with E-state index in [2.05, 4.69) is 12.2 Å². The van der Waals surface area contributed by atoms with Crippen LogP contribution in [0.1, 0.15) is 0 Å². The van der Waals surface area contributed by atoms with Gasteiger partial charge in [-0.1, -0.05) is 12.2 Å². The van der Waals surface area contributed by atoms with Crippen molar-refractivity contribution in [2.45, 2.75) is 12.4 Å². The highest BCUT2D eigenvalue weighted by Gasteiger charge is 2.43. The minimum absolute atomic E-state index is 0.0709. The lowest BCUT2D eigenvalue weighted by Gasteiger charge is -2.36. The highest BCUT2D eigenvalue weighted by molar-refractivity contribution is 7.80. The quantitative estimate of drug-likeness (QED) is 0.630. The van der Waals surface area contributed by atoms with E-state index < -0.39 is 36.3 Å². The molecule has 3 nitrogen and oxygen atoms in total. The van der Waals surface area contributed by atoms with Crippen LogP contribution in [0.25, 0.3) is 0 Å². The third-order valence-corrected chi connectivity index (χ3v) is 3.33. The van der Waals surface area contributed by atoms with Gasteiger partial charge in [0.25, 0.3) is 0 Å². The third-order valence-electron chi connectivity index (χ3n) is 3.05. The van der Waals surface area contributed by atoms with E-state index in [1.807, 2.05) is 0 Å². The summed E-state index contributed by atoms with van der Waals surface area (Å²) in [6.07, 6.45) is -8.83. The van der Waals surface area contributed by atoms with Crippen LogP contribution in [0.4, 0.5) is 26.3 Å². The van der Waals surface area contributed by atoms with E-state index in [4.69, 9.17) is 5.73 Å². The Hall–Kier alpha value is -0.610. The summed E-state index contributed by atoms with van der Waals surface area (Å²) in [5, 5.41) is 0. The Morgan fingerprint density at radius 3 is 1.80 bits per heavy atom. The summed E-state index contributed by atoms with van der Waals surface area (Å²) in [5.74, 6) is -1.92. The van der Waals surface area contributed by atoms with Crippen molar-refractivity contribution in [2.24, 2.45) is 11.7 Å². The van der Waals surface area contributed by atoms with E-state index >= 15 is 0 Å². The van der Waals surface area contributed by atoms with Gasteiger partial charge in [-0.25, -0.2) is 0 Å². The number of nitrogens with zero attached hydrogens (tertiary/aromatic N) is 2. The van der Waals surface area contributed by atoms with Crippen LogP contribution in [0.2, 0.25) is 0 Å². The number of halogens is 6. The maximum atomic E-state index is 12.7. The van der Waals surface area contributed by atoms with Crippen molar-refractivity contribution in [3.05, 3.63) is 0 Å². The molecule has 0 aromatic heterocycles. The fourth-order valence-corrected chi connectivity index (χ4v) is 2.20. The largest absolute Gasteiger partial charge is 0.401 e. The smallest absolute Gasteiger partial charge is 0.393 e. The minimum atomic E-state index is -4.53. The van der Waals surface area contributed by atoms with E-state index in [9.17, 15) is 26.3 Å². The summed E-state index contributed by atoms with van der Waals surface area (Å²) in [5.41, 5.74) is 5.08. The molecule has 118 valence electrons. The van der Waals surface area contributed by atoms with Crippen LogP contribution < -0.4 is 5.73 Å². The molecule has 0 spiro atoms. The number of hydrogen-bond acceptors (Lipinski definition) is 3. The van der Waals surface area contributed by atoms with Crippen molar-refractivity contribution in [3.63, 3.8) is 0 Å². The van der Waals surface area contributed by atoms with Gasteiger partial charge in [-0.15, -0.1) is 0 Å². The molecular weight excluding hydrogens is 308 g/mol. The predicted octanol–water partition coefficient (Wildman–Crippen LogP) is 1.63. The van der Waals surface area contributed by atoms with Crippen LogP contribution in [-0.2, 0) is 0 Å². The molecule has 1 aliphatic rings. The van der Waals surface area contributed by atoms with Gasteiger partial charge in [0.15, 0.2) is 0 Å². The Morgan fingerprint density at radius 2 is 1.45 bits per heavy atom. The fraction of sp³-hybridized carbons (Fsp3) is 0.900. The van der Waals surface area contributed by atoms with Crippen molar-refractivity contribution < 1.29 is 26.3 Å². The lowest BCUT2D eigenvalue weighted by atomic mass is 10.1. The van der Waals surface area contributed by atoms with Gasteiger partial charge >= 0.3 is 12.4 Å². The SMILES string of the molecule is NC(=S)C(CN1CCN(CC(F)(F)F)CC1)C(F)(F)F. The number of rotatable bonds is 4. The summed E-state index contributed by atoms with van der Waals surface area (Å²) in [6.45, 7) is -1.04. The molecular formula is C10H15F6N3S. The van der Waals surface area contributed by atoms with Crippen molar-refractivity contribution in [1.82, 2.24) is 9.80 Å².